The van der Waals surface area contributed by atoms with E-state index in [0.29, 0.717) is 23.6 Å². The highest BCUT2D eigenvalue weighted by atomic mass is 31.2. The first-order valence-corrected chi connectivity index (χ1v) is 13.4. The summed E-state index contributed by atoms with van der Waals surface area (Å²) in [6.45, 7) is 7.28. The lowest BCUT2D eigenvalue weighted by Gasteiger charge is -2.28. The quantitative estimate of drug-likeness (QED) is 0.299. The summed E-state index contributed by atoms with van der Waals surface area (Å²) in [7, 11) is -4.00. The minimum Gasteiger partial charge on any atom is -0.465 e. The molecular formula is C24H32N5O6P. The predicted molar refractivity (Wildman–Crippen MR) is 134 cm³/mol. The molecule has 194 valence electrons. The average Bonchev–Trinajstić information content (AvgIpc) is 3.43. The van der Waals surface area contributed by atoms with Crippen LogP contribution < -0.4 is 15.3 Å². The maximum atomic E-state index is 13.8. The number of rotatable bonds is 10. The largest absolute Gasteiger partial charge is 0.465 e. The zero-order chi connectivity index (χ0) is 25.9. The van der Waals surface area contributed by atoms with Crippen LogP contribution in [-0.2, 0) is 23.4 Å². The first-order chi connectivity index (χ1) is 17.2. The molecule has 0 spiro atoms. The summed E-state index contributed by atoms with van der Waals surface area (Å²) >= 11 is 0. The third-order valence-electron chi connectivity index (χ3n) is 6.01. The van der Waals surface area contributed by atoms with E-state index >= 15 is 0 Å². The van der Waals surface area contributed by atoms with Crippen LogP contribution in [0.1, 0.15) is 40.3 Å². The van der Waals surface area contributed by atoms with Crippen molar-refractivity contribution < 1.29 is 27.9 Å². The number of fused-ring (bicyclic) bond motifs is 1. The Balaban J connectivity index is 1.51. The molecule has 12 heteroatoms. The van der Waals surface area contributed by atoms with Crippen molar-refractivity contribution in [2.45, 2.75) is 58.6 Å². The van der Waals surface area contributed by atoms with Crippen molar-refractivity contribution in [3.05, 3.63) is 48.9 Å². The number of nitrogen functional groups attached to an aromatic ring is 1. The van der Waals surface area contributed by atoms with Crippen molar-refractivity contribution in [2.24, 2.45) is 5.92 Å². The van der Waals surface area contributed by atoms with E-state index in [0.717, 1.165) is 5.39 Å². The fourth-order valence-electron chi connectivity index (χ4n) is 4.23. The minimum atomic E-state index is -4.00. The third-order valence-corrected chi connectivity index (χ3v) is 7.77. The molecule has 36 heavy (non-hydrogen) atoms. The number of aromatic nitrogens is 3. The van der Waals surface area contributed by atoms with Crippen molar-refractivity contribution in [1.29, 1.82) is 0 Å². The van der Waals surface area contributed by atoms with Crippen molar-refractivity contribution in [1.82, 2.24) is 19.6 Å². The Bertz CT molecular complexity index is 1240. The molecule has 11 nitrogen and oxygen atoms in total. The van der Waals surface area contributed by atoms with Gasteiger partial charge in [-0.05, 0) is 45.4 Å². The SMILES string of the molecule is CCOC(=O)[C@H](C)NP(=O)(Oc1ccccc1)OC(C)[C@@H]1C[C@H](C)[C@H](n2ccc3c(N)ncnc32)O1. The molecule has 3 aromatic rings. The molecule has 3 N–H and O–H groups in total. The van der Waals surface area contributed by atoms with Crippen molar-refractivity contribution >= 4 is 30.6 Å². The van der Waals surface area contributed by atoms with Gasteiger partial charge in [0.25, 0.3) is 0 Å². The number of nitrogens with zero attached hydrogens (tertiary/aromatic N) is 3. The molecule has 6 atom stereocenters. The second-order valence-corrected chi connectivity index (χ2v) is 10.5. The molecular weight excluding hydrogens is 485 g/mol. The molecule has 0 aliphatic carbocycles. The second-order valence-electron chi connectivity index (χ2n) is 8.81. The third kappa shape index (κ3) is 5.70. The number of carbonyl (C=O) groups excluding carboxylic acids is 1. The first-order valence-electron chi connectivity index (χ1n) is 11.9. The molecule has 1 aliphatic rings. The van der Waals surface area contributed by atoms with E-state index < -0.39 is 32.0 Å². The van der Waals surface area contributed by atoms with Crippen LogP contribution in [0.4, 0.5) is 5.82 Å². The van der Waals surface area contributed by atoms with Gasteiger partial charge in [-0.15, -0.1) is 0 Å². The summed E-state index contributed by atoms with van der Waals surface area (Å²) in [5.41, 5.74) is 6.66. The molecule has 2 unspecified atom stereocenters. The summed E-state index contributed by atoms with van der Waals surface area (Å²) < 4.78 is 38.9. The van der Waals surface area contributed by atoms with Gasteiger partial charge < -0.3 is 24.3 Å². The summed E-state index contributed by atoms with van der Waals surface area (Å²) in [5, 5.41) is 3.46. The number of hydrogen-bond donors (Lipinski definition) is 2. The summed E-state index contributed by atoms with van der Waals surface area (Å²) in [4.78, 5) is 20.6. The van der Waals surface area contributed by atoms with Crippen LogP contribution in [0.2, 0.25) is 0 Å². The van der Waals surface area contributed by atoms with E-state index in [-0.39, 0.29) is 18.8 Å². The lowest BCUT2D eigenvalue weighted by atomic mass is 10.0. The van der Waals surface area contributed by atoms with Gasteiger partial charge in [0.1, 0.15) is 35.8 Å². The molecule has 0 saturated carbocycles. The Hall–Kier alpha value is -2.98. The van der Waals surface area contributed by atoms with E-state index in [2.05, 4.69) is 22.0 Å². The molecule has 3 heterocycles. The van der Waals surface area contributed by atoms with Crippen molar-refractivity contribution in [2.75, 3.05) is 12.3 Å². The monoisotopic (exact) mass is 517 g/mol. The molecule has 2 aromatic heterocycles. The van der Waals surface area contributed by atoms with Gasteiger partial charge in [-0.25, -0.2) is 14.5 Å². The number of carbonyl (C=O) groups is 1. The number of hydrogen-bond acceptors (Lipinski definition) is 9. The summed E-state index contributed by atoms with van der Waals surface area (Å²) in [6.07, 6.45) is 2.59. The van der Waals surface area contributed by atoms with Gasteiger partial charge in [-0.1, -0.05) is 25.1 Å². The molecule has 1 saturated heterocycles. The van der Waals surface area contributed by atoms with Gasteiger partial charge in [0.05, 0.1) is 24.2 Å². The zero-order valence-corrected chi connectivity index (χ0v) is 21.6. The molecule has 0 amide bonds. The number of para-hydroxylation sites is 1. The Labute approximate surface area is 209 Å². The smallest absolute Gasteiger partial charge is 0.459 e. The highest BCUT2D eigenvalue weighted by Crippen LogP contribution is 2.48. The fraction of sp³-hybridized carbons (Fsp3) is 0.458. The zero-order valence-electron chi connectivity index (χ0n) is 20.7. The average molecular weight is 518 g/mol. The highest BCUT2D eigenvalue weighted by molar-refractivity contribution is 7.52. The predicted octanol–water partition coefficient (Wildman–Crippen LogP) is 4.07. The van der Waals surface area contributed by atoms with Crippen LogP contribution in [0.5, 0.6) is 5.75 Å². The Kier molecular flexibility index (Phi) is 7.94. The fourth-order valence-corrected chi connectivity index (χ4v) is 5.94. The van der Waals surface area contributed by atoms with E-state index in [9.17, 15) is 9.36 Å². The van der Waals surface area contributed by atoms with E-state index in [1.807, 2.05) is 22.9 Å². The number of anilines is 1. The van der Waals surface area contributed by atoms with Gasteiger partial charge in [-0.2, -0.15) is 5.09 Å². The Morgan fingerprint density at radius 1 is 1.28 bits per heavy atom. The van der Waals surface area contributed by atoms with Crippen LogP contribution in [-0.4, -0.2) is 45.4 Å². The lowest BCUT2D eigenvalue weighted by Crippen LogP contribution is -2.37. The molecule has 1 aromatic carbocycles. The molecule has 1 fully saturated rings. The maximum Gasteiger partial charge on any atom is 0.459 e. The molecule has 4 rings (SSSR count). The minimum absolute atomic E-state index is 0.105. The number of nitrogens with two attached hydrogens (primary N) is 1. The second kappa shape index (κ2) is 11.0. The lowest BCUT2D eigenvalue weighted by molar-refractivity contribution is -0.144. The normalized spacial score (nSPS) is 23.2. The van der Waals surface area contributed by atoms with Gasteiger partial charge in [0.15, 0.2) is 0 Å². The Morgan fingerprint density at radius 3 is 2.75 bits per heavy atom. The van der Waals surface area contributed by atoms with Crippen molar-refractivity contribution in [3.63, 3.8) is 0 Å². The van der Waals surface area contributed by atoms with Crippen LogP contribution >= 0.6 is 7.75 Å². The molecule has 0 bridgehead atoms. The Morgan fingerprint density at radius 2 is 2.03 bits per heavy atom. The number of ether oxygens (including phenoxy) is 2. The number of nitrogens with one attached hydrogen (secondary N) is 1. The number of benzene rings is 1. The molecule has 0 radical (unpaired) electrons. The number of esters is 1. The van der Waals surface area contributed by atoms with Crippen LogP contribution in [0.25, 0.3) is 11.0 Å². The standard InChI is InChI=1S/C24H32N5O6P/c1-5-32-24(30)16(3)28-36(31,35-18-9-7-6-8-10-18)34-17(4)20-13-15(2)23(33-20)29-12-11-19-21(25)26-14-27-22(19)29/h6-12,14-17,20,23H,5,13H2,1-4H3,(H,28,31)(H2,25,26,27)/t15-,16-,17?,20-,23+,36?/m0/s1. The first kappa shape index (κ1) is 26.1. The topological polar surface area (TPSA) is 140 Å². The van der Waals surface area contributed by atoms with E-state index in [1.165, 1.54) is 6.33 Å². The highest BCUT2D eigenvalue weighted by Gasteiger charge is 2.42. The van der Waals surface area contributed by atoms with Crippen LogP contribution in [0.15, 0.2) is 48.9 Å². The summed E-state index contributed by atoms with van der Waals surface area (Å²) in [5.74, 6) is 0.288. The molecule has 1 aliphatic heterocycles. The van der Waals surface area contributed by atoms with Crippen molar-refractivity contribution in [3.8, 4) is 5.75 Å². The van der Waals surface area contributed by atoms with Gasteiger partial charge in [-0.3, -0.25) is 9.32 Å². The maximum absolute atomic E-state index is 13.8. The van der Waals surface area contributed by atoms with Gasteiger partial charge >= 0.3 is 13.7 Å². The summed E-state index contributed by atoms with van der Waals surface area (Å²) in [6, 6.07) is 9.58. The van der Waals surface area contributed by atoms with Gasteiger partial charge in [0.2, 0.25) is 0 Å². The van der Waals surface area contributed by atoms with Crippen LogP contribution in [0.3, 0.4) is 0 Å². The van der Waals surface area contributed by atoms with E-state index in [4.69, 9.17) is 24.3 Å². The van der Waals surface area contributed by atoms with Crippen LogP contribution in [0, 0.1) is 5.92 Å². The van der Waals surface area contributed by atoms with E-state index in [1.54, 1.807) is 45.0 Å². The van der Waals surface area contributed by atoms with Gasteiger partial charge in [0, 0.05) is 12.1 Å².